The van der Waals surface area contributed by atoms with E-state index in [0.29, 0.717) is 6.42 Å². The predicted molar refractivity (Wildman–Crippen MR) is 118 cm³/mol. The number of rotatable bonds is 7. The van der Waals surface area contributed by atoms with Gasteiger partial charge in [-0.05, 0) is 47.9 Å². The zero-order chi connectivity index (χ0) is 27.4. The molecule has 3 rings (SSSR count). The fraction of sp³-hybridized carbons (Fsp3) is 0.708. The summed E-state index contributed by atoms with van der Waals surface area (Å²) in [6, 6.07) is -0.0603. The van der Waals surface area contributed by atoms with Crippen molar-refractivity contribution >= 4 is 5.97 Å². The van der Waals surface area contributed by atoms with Crippen LogP contribution in [0.25, 0.3) is 0 Å². The number of nitrogens with two attached hydrogens (primary N) is 1. The van der Waals surface area contributed by atoms with Gasteiger partial charge in [-0.15, -0.1) is 0 Å². The van der Waals surface area contributed by atoms with Gasteiger partial charge in [0.05, 0.1) is 17.0 Å². The van der Waals surface area contributed by atoms with Crippen LogP contribution in [0.3, 0.4) is 0 Å². The second-order valence-electron chi connectivity index (χ2n) is 8.71. The number of benzene rings is 1. The smallest absolute Gasteiger partial charge is 0.323 e. The van der Waals surface area contributed by atoms with Crippen LogP contribution in [-0.2, 0) is 15.9 Å². The van der Waals surface area contributed by atoms with Gasteiger partial charge in [0.25, 0.3) is 0 Å². The SMILES string of the molecule is [2H]C1(OC(=O)[C@@H](N)C(C)C)CC2([2H])c3cc(OC)c(OC)cc3C([2H])([2H])C([2H])([2H])N2CC1CC(C)C. The molecule has 2 aliphatic rings. The molecule has 1 saturated heterocycles. The number of nitrogens with zero attached hydrogens (tertiary/aromatic N) is 1. The summed E-state index contributed by atoms with van der Waals surface area (Å²) in [4.78, 5) is 14.1. The maximum atomic E-state index is 12.9. The third-order valence-corrected chi connectivity index (χ3v) is 5.66. The van der Waals surface area contributed by atoms with Crippen LogP contribution in [0, 0.1) is 17.8 Å². The second kappa shape index (κ2) is 9.56. The van der Waals surface area contributed by atoms with E-state index in [9.17, 15) is 7.54 Å². The molecule has 0 radical (unpaired) electrons. The number of esters is 1. The van der Waals surface area contributed by atoms with E-state index < -0.39 is 49.3 Å². The number of methoxy groups -OCH3 is 2. The fourth-order valence-corrected chi connectivity index (χ4v) is 3.90. The molecule has 2 aliphatic heterocycles. The van der Waals surface area contributed by atoms with E-state index in [1.165, 1.54) is 31.3 Å². The molecule has 1 aromatic carbocycles. The lowest BCUT2D eigenvalue weighted by atomic mass is 9.79. The molecule has 2 heterocycles. The molecule has 1 aromatic rings. The number of ether oxygens (including phenoxy) is 3. The maximum absolute atomic E-state index is 12.9. The Hall–Kier alpha value is -1.79. The average Bonchev–Trinajstić information content (AvgIpc) is 2.77. The number of hydrogen-bond donors (Lipinski definition) is 1. The van der Waals surface area contributed by atoms with Gasteiger partial charge >= 0.3 is 5.97 Å². The van der Waals surface area contributed by atoms with Gasteiger partial charge in [-0.1, -0.05) is 27.7 Å². The van der Waals surface area contributed by atoms with Crippen molar-refractivity contribution in [1.29, 1.82) is 0 Å². The molecule has 3 unspecified atom stereocenters. The third-order valence-electron chi connectivity index (χ3n) is 5.66. The normalized spacial score (nSPS) is 36.1. The van der Waals surface area contributed by atoms with Crippen LogP contribution in [-0.4, -0.2) is 50.3 Å². The molecular formula is C24H38N2O4. The van der Waals surface area contributed by atoms with E-state index in [2.05, 4.69) is 0 Å². The third kappa shape index (κ3) is 4.75. The molecule has 0 aliphatic carbocycles. The summed E-state index contributed by atoms with van der Waals surface area (Å²) >= 11 is 0. The molecule has 4 atom stereocenters. The second-order valence-corrected chi connectivity index (χ2v) is 8.71. The van der Waals surface area contributed by atoms with E-state index in [1.807, 2.05) is 13.8 Å². The lowest BCUT2D eigenvalue weighted by molar-refractivity contribution is -0.160. The summed E-state index contributed by atoms with van der Waals surface area (Å²) < 4.78 is 70.5. The minimum atomic E-state index is -2.60. The molecule has 6 heteroatoms. The predicted octanol–water partition coefficient (Wildman–Crippen LogP) is 3.56. The van der Waals surface area contributed by atoms with Gasteiger partial charge in [-0.25, -0.2) is 0 Å². The molecule has 0 aromatic heterocycles. The van der Waals surface area contributed by atoms with Crippen molar-refractivity contribution in [3.05, 3.63) is 23.3 Å². The van der Waals surface area contributed by atoms with Crippen molar-refractivity contribution in [2.75, 3.05) is 27.3 Å². The Morgan fingerprint density at radius 3 is 2.53 bits per heavy atom. The summed E-state index contributed by atoms with van der Waals surface area (Å²) in [7, 11) is 2.81. The van der Waals surface area contributed by atoms with E-state index in [1.54, 1.807) is 13.8 Å². The quantitative estimate of drug-likeness (QED) is 0.675. The number of piperidine rings is 1. The standard InChI is InChI=1S/C24H38N2O4/c1-14(2)9-17-13-26-8-7-16-10-21(28-5)22(29-6)11-18(16)19(26)12-20(17)30-24(27)23(25)15(3)4/h10-11,14-15,17,19-20,23H,7-9,12-13,25H2,1-6H3/t17?,19?,20?,23-/m0/s1/i7D2,8D2,19D,20D. The average molecular weight is 425 g/mol. The summed E-state index contributed by atoms with van der Waals surface area (Å²) in [6.07, 6.45) is -4.37. The van der Waals surface area contributed by atoms with Crippen molar-refractivity contribution < 1.29 is 27.2 Å². The van der Waals surface area contributed by atoms with Crippen LogP contribution in [0.2, 0.25) is 0 Å². The van der Waals surface area contributed by atoms with Crippen molar-refractivity contribution in [3.8, 4) is 11.5 Å². The molecule has 0 saturated carbocycles. The molecule has 168 valence electrons. The Balaban J connectivity index is 2.23. The van der Waals surface area contributed by atoms with Crippen LogP contribution >= 0.6 is 0 Å². The van der Waals surface area contributed by atoms with Gasteiger partial charge in [-0.3, -0.25) is 9.69 Å². The molecule has 6 nitrogen and oxygen atoms in total. The Morgan fingerprint density at radius 1 is 1.27 bits per heavy atom. The first-order valence-corrected chi connectivity index (χ1v) is 10.5. The highest BCUT2D eigenvalue weighted by Crippen LogP contribution is 2.44. The topological polar surface area (TPSA) is 74.0 Å². The van der Waals surface area contributed by atoms with Gasteiger partial charge in [0.15, 0.2) is 11.5 Å². The Labute approximate surface area is 189 Å². The van der Waals surface area contributed by atoms with Crippen molar-refractivity contribution in [3.63, 3.8) is 0 Å². The Bertz CT molecular complexity index is 1010. The number of carbonyl (C=O) groups is 1. The Kier molecular flexibility index (Phi) is 5.08. The van der Waals surface area contributed by atoms with Gasteiger partial charge < -0.3 is 19.9 Å². The molecule has 0 amide bonds. The zero-order valence-electron chi connectivity index (χ0n) is 24.7. The molecule has 0 spiro atoms. The number of fused-ring (bicyclic) bond motifs is 3. The first-order valence-electron chi connectivity index (χ1n) is 13.5. The summed E-state index contributed by atoms with van der Waals surface area (Å²) in [5, 5.41) is 0. The Morgan fingerprint density at radius 2 is 1.93 bits per heavy atom. The summed E-state index contributed by atoms with van der Waals surface area (Å²) in [6.45, 7) is 4.68. The van der Waals surface area contributed by atoms with Crippen LogP contribution < -0.4 is 15.2 Å². The van der Waals surface area contributed by atoms with E-state index in [-0.39, 0.29) is 41.0 Å². The van der Waals surface area contributed by atoms with Crippen molar-refractivity contribution in [1.82, 2.24) is 4.90 Å². The summed E-state index contributed by atoms with van der Waals surface area (Å²) in [5.74, 6) is -1.10. The summed E-state index contributed by atoms with van der Waals surface area (Å²) in [5.41, 5.74) is 6.10. The number of carbonyl (C=O) groups excluding carboxylic acids is 1. The highest BCUT2D eigenvalue weighted by Gasteiger charge is 2.41. The molecule has 1 fully saturated rings. The van der Waals surface area contributed by atoms with E-state index in [0.717, 1.165) is 0 Å². The monoisotopic (exact) mass is 424 g/mol. The molecule has 0 bridgehead atoms. The zero-order valence-corrected chi connectivity index (χ0v) is 18.7. The van der Waals surface area contributed by atoms with Crippen LogP contribution in [0.1, 0.15) is 65.9 Å². The minimum Gasteiger partial charge on any atom is -0.493 e. The maximum Gasteiger partial charge on any atom is 0.323 e. The first-order chi connectivity index (χ1) is 16.5. The van der Waals surface area contributed by atoms with E-state index >= 15 is 0 Å². The first kappa shape index (κ1) is 15.9. The highest BCUT2D eigenvalue weighted by atomic mass is 16.5. The largest absolute Gasteiger partial charge is 0.493 e. The molecule has 2 N–H and O–H groups in total. The van der Waals surface area contributed by atoms with Gasteiger partial charge in [0, 0.05) is 36.9 Å². The molecular weight excluding hydrogens is 380 g/mol. The highest BCUT2D eigenvalue weighted by molar-refractivity contribution is 5.76. The van der Waals surface area contributed by atoms with Crippen molar-refractivity contribution in [2.45, 2.75) is 65.0 Å². The fourth-order valence-electron chi connectivity index (χ4n) is 3.90. The molecule has 30 heavy (non-hydrogen) atoms. The lowest BCUT2D eigenvalue weighted by Crippen LogP contribution is -2.51. The number of hydrogen-bond acceptors (Lipinski definition) is 6. The van der Waals surface area contributed by atoms with E-state index in [4.69, 9.17) is 25.4 Å². The van der Waals surface area contributed by atoms with Gasteiger partial charge in [-0.2, -0.15) is 0 Å². The van der Waals surface area contributed by atoms with Gasteiger partial charge in [0.1, 0.15) is 12.1 Å². The lowest BCUT2D eigenvalue weighted by Gasteiger charge is -2.47. The van der Waals surface area contributed by atoms with Crippen LogP contribution in [0.5, 0.6) is 11.5 Å². The van der Waals surface area contributed by atoms with Crippen molar-refractivity contribution in [2.24, 2.45) is 23.5 Å². The van der Waals surface area contributed by atoms with Crippen LogP contribution in [0.15, 0.2) is 12.1 Å². The minimum absolute atomic E-state index is 0.0636. The number of aryl methyl sites for hydroxylation is 1. The van der Waals surface area contributed by atoms with Crippen LogP contribution in [0.4, 0.5) is 0 Å². The van der Waals surface area contributed by atoms with Gasteiger partial charge in [0.2, 0.25) is 0 Å².